The lowest BCUT2D eigenvalue weighted by Gasteiger charge is -2.23. The van der Waals surface area contributed by atoms with E-state index in [2.05, 4.69) is 5.16 Å². The van der Waals surface area contributed by atoms with Crippen LogP contribution in [0.3, 0.4) is 0 Å². The van der Waals surface area contributed by atoms with E-state index in [-0.39, 0.29) is 5.84 Å². The molecule has 1 aromatic carbocycles. The van der Waals surface area contributed by atoms with Gasteiger partial charge in [0, 0.05) is 5.56 Å². The maximum atomic E-state index is 8.78. The molecule has 3 atom stereocenters. The summed E-state index contributed by atoms with van der Waals surface area (Å²) in [6, 6.07) is 3.83. The summed E-state index contributed by atoms with van der Waals surface area (Å²) >= 11 is 0. The van der Waals surface area contributed by atoms with E-state index in [9.17, 15) is 0 Å². The van der Waals surface area contributed by atoms with Crippen LogP contribution in [0.1, 0.15) is 42.4 Å². The first-order valence-electron chi connectivity index (χ1n) is 7.80. The van der Waals surface area contributed by atoms with E-state index in [1.807, 2.05) is 26.0 Å². The predicted molar refractivity (Wildman–Crippen MR) is 82.9 cm³/mol. The fourth-order valence-electron chi connectivity index (χ4n) is 4.15. The SMILES string of the molecule is Cc1cc(C(N)=NO)cc(C)c1OCC1CC2CCC1C2. The normalized spacial score (nSPS) is 28.1. The highest BCUT2D eigenvalue weighted by atomic mass is 16.5. The first-order valence-corrected chi connectivity index (χ1v) is 7.80. The number of amidine groups is 1. The van der Waals surface area contributed by atoms with Gasteiger partial charge in [-0.05, 0) is 74.1 Å². The Kier molecular flexibility index (Phi) is 3.79. The van der Waals surface area contributed by atoms with Crippen LogP contribution >= 0.6 is 0 Å². The van der Waals surface area contributed by atoms with Crippen molar-refractivity contribution in [3.8, 4) is 5.75 Å². The number of hydrogen-bond acceptors (Lipinski definition) is 3. The summed E-state index contributed by atoms with van der Waals surface area (Å²) in [4.78, 5) is 0. The zero-order valence-electron chi connectivity index (χ0n) is 12.8. The van der Waals surface area contributed by atoms with E-state index in [1.165, 1.54) is 25.7 Å². The average molecular weight is 288 g/mol. The number of ether oxygens (including phenoxy) is 1. The Morgan fingerprint density at radius 2 is 2.00 bits per heavy atom. The molecule has 2 bridgehead atoms. The molecule has 0 radical (unpaired) electrons. The standard InChI is InChI=1S/C17H24N2O2/c1-10-5-14(17(18)19-20)6-11(2)16(10)21-9-15-8-12-3-4-13(15)7-12/h5-6,12-13,15,20H,3-4,7-9H2,1-2H3,(H2,18,19). The molecule has 0 saturated heterocycles. The van der Waals surface area contributed by atoms with Crippen LogP contribution in [-0.4, -0.2) is 17.6 Å². The number of nitrogens with two attached hydrogens (primary N) is 1. The van der Waals surface area contributed by atoms with Gasteiger partial charge < -0.3 is 15.7 Å². The Morgan fingerprint density at radius 1 is 1.29 bits per heavy atom. The van der Waals surface area contributed by atoms with Gasteiger partial charge >= 0.3 is 0 Å². The molecule has 3 unspecified atom stereocenters. The molecule has 1 aromatic rings. The highest BCUT2D eigenvalue weighted by Gasteiger charge is 2.39. The Morgan fingerprint density at radius 3 is 2.52 bits per heavy atom. The molecule has 2 aliphatic rings. The van der Waals surface area contributed by atoms with Gasteiger partial charge in [-0.2, -0.15) is 0 Å². The maximum absolute atomic E-state index is 8.78. The lowest BCUT2D eigenvalue weighted by atomic mass is 9.89. The molecule has 2 aliphatic carbocycles. The molecule has 4 heteroatoms. The van der Waals surface area contributed by atoms with Gasteiger partial charge in [0.1, 0.15) is 5.75 Å². The molecule has 0 heterocycles. The van der Waals surface area contributed by atoms with Crippen LogP contribution in [0.4, 0.5) is 0 Å². The van der Waals surface area contributed by atoms with Crippen LogP contribution in [0.15, 0.2) is 17.3 Å². The first-order chi connectivity index (χ1) is 10.1. The zero-order valence-corrected chi connectivity index (χ0v) is 12.8. The molecular weight excluding hydrogens is 264 g/mol. The van der Waals surface area contributed by atoms with Crippen LogP contribution in [0.2, 0.25) is 0 Å². The number of oxime groups is 1. The molecule has 3 rings (SSSR count). The molecule has 4 nitrogen and oxygen atoms in total. The topological polar surface area (TPSA) is 67.8 Å². The summed E-state index contributed by atoms with van der Waals surface area (Å²) in [5.41, 5.74) is 8.47. The predicted octanol–water partition coefficient (Wildman–Crippen LogP) is 3.21. The van der Waals surface area contributed by atoms with Crippen molar-refractivity contribution < 1.29 is 9.94 Å². The van der Waals surface area contributed by atoms with Crippen LogP contribution < -0.4 is 10.5 Å². The zero-order chi connectivity index (χ0) is 15.0. The van der Waals surface area contributed by atoms with Crippen molar-refractivity contribution in [1.82, 2.24) is 0 Å². The van der Waals surface area contributed by atoms with Gasteiger partial charge in [0.05, 0.1) is 6.61 Å². The van der Waals surface area contributed by atoms with Crippen molar-refractivity contribution in [1.29, 1.82) is 0 Å². The number of rotatable bonds is 4. The number of hydrogen-bond donors (Lipinski definition) is 2. The molecule has 114 valence electrons. The Bertz CT molecular complexity index is 545. The number of fused-ring (bicyclic) bond motifs is 2. The molecule has 3 N–H and O–H groups in total. The quantitative estimate of drug-likeness (QED) is 0.387. The molecule has 0 aliphatic heterocycles. The maximum Gasteiger partial charge on any atom is 0.170 e. The van der Waals surface area contributed by atoms with Gasteiger partial charge in [-0.1, -0.05) is 11.6 Å². The first kappa shape index (κ1) is 14.2. The number of aryl methyl sites for hydroxylation is 2. The van der Waals surface area contributed by atoms with Crippen LogP contribution in [0, 0.1) is 31.6 Å². The van der Waals surface area contributed by atoms with Gasteiger partial charge in [0.2, 0.25) is 0 Å². The smallest absolute Gasteiger partial charge is 0.170 e. The largest absolute Gasteiger partial charge is 0.493 e. The van der Waals surface area contributed by atoms with Crippen molar-refractivity contribution in [2.45, 2.75) is 39.5 Å². The fraction of sp³-hybridized carbons (Fsp3) is 0.588. The summed E-state index contributed by atoms with van der Waals surface area (Å²) in [5.74, 6) is 3.65. The molecule has 21 heavy (non-hydrogen) atoms. The highest BCUT2D eigenvalue weighted by molar-refractivity contribution is 5.97. The Labute approximate surface area is 126 Å². The van der Waals surface area contributed by atoms with Gasteiger partial charge in [-0.3, -0.25) is 0 Å². The van der Waals surface area contributed by atoms with Crippen molar-refractivity contribution in [2.24, 2.45) is 28.6 Å². The van der Waals surface area contributed by atoms with E-state index in [4.69, 9.17) is 15.7 Å². The van der Waals surface area contributed by atoms with Crippen LogP contribution in [0.25, 0.3) is 0 Å². The molecule has 0 spiro atoms. The van der Waals surface area contributed by atoms with E-state index in [0.717, 1.165) is 46.8 Å². The molecule has 2 saturated carbocycles. The van der Waals surface area contributed by atoms with Gasteiger partial charge in [0.25, 0.3) is 0 Å². The van der Waals surface area contributed by atoms with Crippen molar-refractivity contribution >= 4 is 5.84 Å². The molecule has 0 aromatic heterocycles. The summed E-state index contributed by atoms with van der Waals surface area (Å²) in [6.45, 7) is 4.85. The van der Waals surface area contributed by atoms with Crippen molar-refractivity contribution in [2.75, 3.05) is 6.61 Å². The average Bonchev–Trinajstić information content (AvgIpc) is 3.07. The minimum absolute atomic E-state index is 0.140. The number of benzene rings is 1. The van der Waals surface area contributed by atoms with E-state index < -0.39 is 0 Å². The second kappa shape index (κ2) is 5.58. The molecule has 0 amide bonds. The summed E-state index contributed by atoms with van der Waals surface area (Å²) in [6.07, 6.45) is 5.56. The van der Waals surface area contributed by atoms with E-state index in [1.54, 1.807) is 0 Å². The summed E-state index contributed by atoms with van der Waals surface area (Å²) in [5, 5.41) is 11.8. The van der Waals surface area contributed by atoms with E-state index >= 15 is 0 Å². The third-order valence-corrected chi connectivity index (χ3v) is 5.19. The van der Waals surface area contributed by atoms with Gasteiger partial charge in [-0.25, -0.2) is 0 Å². The monoisotopic (exact) mass is 288 g/mol. The van der Waals surface area contributed by atoms with Gasteiger partial charge in [0.15, 0.2) is 5.84 Å². The minimum atomic E-state index is 0.140. The third kappa shape index (κ3) is 2.71. The molecule has 2 fully saturated rings. The second-order valence-corrected chi connectivity index (χ2v) is 6.67. The van der Waals surface area contributed by atoms with Crippen LogP contribution in [0.5, 0.6) is 5.75 Å². The van der Waals surface area contributed by atoms with Gasteiger partial charge in [-0.15, -0.1) is 0 Å². The Hall–Kier alpha value is -1.71. The lowest BCUT2D eigenvalue weighted by Crippen LogP contribution is -2.19. The van der Waals surface area contributed by atoms with Crippen LogP contribution in [-0.2, 0) is 0 Å². The van der Waals surface area contributed by atoms with Crippen molar-refractivity contribution in [3.63, 3.8) is 0 Å². The van der Waals surface area contributed by atoms with E-state index in [0.29, 0.717) is 0 Å². The lowest BCUT2D eigenvalue weighted by molar-refractivity contribution is 0.193. The van der Waals surface area contributed by atoms with Crippen molar-refractivity contribution in [3.05, 3.63) is 28.8 Å². The fourth-order valence-corrected chi connectivity index (χ4v) is 4.15. The Balaban J connectivity index is 1.71. The second-order valence-electron chi connectivity index (χ2n) is 6.67. The minimum Gasteiger partial charge on any atom is -0.493 e. The highest BCUT2D eigenvalue weighted by Crippen LogP contribution is 2.48. The third-order valence-electron chi connectivity index (χ3n) is 5.19. The molecular formula is C17H24N2O2. The number of nitrogens with zero attached hydrogens (tertiary/aromatic N) is 1. The summed E-state index contributed by atoms with van der Waals surface area (Å²) in [7, 11) is 0. The summed E-state index contributed by atoms with van der Waals surface area (Å²) < 4.78 is 6.13.